The van der Waals surface area contributed by atoms with Gasteiger partial charge in [0.15, 0.2) is 6.23 Å². The Morgan fingerprint density at radius 1 is 1.37 bits per heavy atom. The molecule has 1 aromatic rings. The van der Waals surface area contributed by atoms with Crippen LogP contribution in [-0.2, 0) is 4.74 Å². The van der Waals surface area contributed by atoms with Crippen molar-refractivity contribution >= 4 is 5.82 Å². The van der Waals surface area contributed by atoms with Crippen LogP contribution < -0.4 is 0 Å². The number of ether oxygens (including phenoxy) is 1. The Hall–Kier alpha value is -1.59. The fraction of sp³-hybridized carbons (Fsp3) is 0.667. The smallest absolute Gasteiger partial charge is 0.390 e. The summed E-state index contributed by atoms with van der Waals surface area (Å²) in [5, 5.41) is 52.0. The van der Waals surface area contributed by atoms with E-state index < -0.39 is 48.0 Å². The highest BCUT2D eigenvalue weighted by molar-refractivity contribution is 5.14. The minimum atomic E-state index is -1.56. The van der Waals surface area contributed by atoms with Crippen molar-refractivity contribution in [2.75, 3.05) is 6.61 Å². The summed E-state index contributed by atoms with van der Waals surface area (Å²) in [6.07, 6.45) is -5.70. The average molecular weight is 275 g/mol. The number of hydrogen-bond acceptors (Lipinski definition) is 8. The van der Waals surface area contributed by atoms with Crippen molar-refractivity contribution in [1.82, 2.24) is 9.78 Å². The summed E-state index contributed by atoms with van der Waals surface area (Å²) in [6, 6.07) is 1.10. The first-order valence-electron chi connectivity index (χ1n) is 5.45. The van der Waals surface area contributed by atoms with Gasteiger partial charge in [0.25, 0.3) is 0 Å². The lowest BCUT2D eigenvalue weighted by molar-refractivity contribution is -0.390. The van der Waals surface area contributed by atoms with Crippen LogP contribution in [0.2, 0.25) is 0 Å². The van der Waals surface area contributed by atoms with Crippen LogP contribution in [0.1, 0.15) is 6.23 Å². The third-order valence-electron chi connectivity index (χ3n) is 2.91. The Balaban J connectivity index is 2.24. The van der Waals surface area contributed by atoms with E-state index in [9.17, 15) is 25.4 Å². The molecule has 0 aromatic carbocycles. The predicted molar refractivity (Wildman–Crippen MR) is 57.9 cm³/mol. The second-order valence-corrected chi connectivity index (χ2v) is 4.13. The normalized spacial score (nSPS) is 35.3. The summed E-state index contributed by atoms with van der Waals surface area (Å²) in [7, 11) is 0. The average Bonchev–Trinajstić information content (AvgIpc) is 2.86. The van der Waals surface area contributed by atoms with Crippen molar-refractivity contribution in [3.05, 3.63) is 22.4 Å². The van der Waals surface area contributed by atoms with Gasteiger partial charge in [0.05, 0.1) is 24.0 Å². The Kier molecular flexibility index (Phi) is 3.78. The van der Waals surface area contributed by atoms with Crippen LogP contribution in [0.5, 0.6) is 0 Å². The maximum Gasteiger partial charge on any atom is 0.390 e. The summed E-state index contributed by atoms with van der Waals surface area (Å²) in [4.78, 5) is 9.79. The number of nitrogens with zero attached hydrogens (tertiary/aromatic N) is 3. The summed E-state index contributed by atoms with van der Waals surface area (Å²) in [6.45, 7) is -0.579. The molecule has 0 saturated carbocycles. The molecule has 0 radical (unpaired) electrons. The summed E-state index contributed by atoms with van der Waals surface area (Å²) < 4.78 is 6.14. The minimum absolute atomic E-state index is 0.447. The van der Waals surface area contributed by atoms with E-state index in [2.05, 4.69) is 5.10 Å². The molecule has 106 valence electrons. The number of rotatable bonds is 3. The molecule has 1 aliphatic heterocycles. The van der Waals surface area contributed by atoms with Gasteiger partial charge in [0, 0.05) is 0 Å². The summed E-state index contributed by atoms with van der Waals surface area (Å²) in [5.74, 6) is -0.447. The maximum atomic E-state index is 10.5. The molecule has 5 atom stereocenters. The van der Waals surface area contributed by atoms with E-state index in [4.69, 9.17) is 9.84 Å². The molecule has 0 spiro atoms. The monoisotopic (exact) mass is 275 g/mol. The highest BCUT2D eigenvalue weighted by Crippen LogP contribution is 2.28. The number of aliphatic hydroxyl groups is 4. The Bertz CT molecular complexity index is 462. The molecular formula is C9H13N3O7. The van der Waals surface area contributed by atoms with Crippen molar-refractivity contribution < 1.29 is 30.1 Å². The summed E-state index contributed by atoms with van der Waals surface area (Å²) >= 11 is 0. The molecule has 0 amide bonds. The van der Waals surface area contributed by atoms with Gasteiger partial charge in [-0.25, -0.2) is 0 Å². The Labute approximate surface area is 106 Å². The van der Waals surface area contributed by atoms with Gasteiger partial charge < -0.3 is 35.3 Å². The van der Waals surface area contributed by atoms with E-state index in [1.807, 2.05) is 0 Å². The van der Waals surface area contributed by atoms with Crippen LogP contribution in [-0.4, -0.2) is 66.2 Å². The number of hydrogen-bond donors (Lipinski definition) is 4. The molecule has 2 rings (SSSR count). The fourth-order valence-corrected chi connectivity index (χ4v) is 1.87. The van der Waals surface area contributed by atoms with Gasteiger partial charge in [0.1, 0.15) is 24.4 Å². The van der Waals surface area contributed by atoms with E-state index in [1.165, 1.54) is 6.20 Å². The lowest BCUT2D eigenvalue weighted by atomic mass is 9.98. The lowest BCUT2D eigenvalue weighted by Crippen LogP contribution is -2.56. The predicted octanol–water partition coefficient (Wildman–Crippen LogP) is -2.24. The molecule has 10 heteroatoms. The topological polar surface area (TPSA) is 151 Å². The number of nitro groups is 1. The molecule has 19 heavy (non-hydrogen) atoms. The first kappa shape index (κ1) is 13.8. The van der Waals surface area contributed by atoms with Crippen LogP contribution in [0.4, 0.5) is 5.82 Å². The Morgan fingerprint density at radius 3 is 2.58 bits per heavy atom. The van der Waals surface area contributed by atoms with E-state index in [-0.39, 0.29) is 0 Å². The quantitative estimate of drug-likeness (QED) is 0.357. The molecule has 2 heterocycles. The summed E-state index contributed by atoms with van der Waals surface area (Å²) in [5.41, 5.74) is 0. The van der Waals surface area contributed by atoms with Gasteiger partial charge in [-0.05, 0) is 4.92 Å². The van der Waals surface area contributed by atoms with Crippen LogP contribution >= 0.6 is 0 Å². The first-order chi connectivity index (χ1) is 8.95. The lowest BCUT2D eigenvalue weighted by Gasteiger charge is -2.38. The highest BCUT2D eigenvalue weighted by Gasteiger charge is 2.45. The highest BCUT2D eigenvalue weighted by atomic mass is 16.6. The van der Waals surface area contributed by atoms with Crippen LogP contribution in [0.25, 0.3) is 0 Å². The second kappa shape index (κ2) is 5.19. The molecular weight excluding hydrogens is 262 g/mol. The molecule has 0 aliphatic carbocycles. The minimum Gasteiger partial charge on any atom is -0.394 e. The van der Waals surface area contributed by atoms with Crippen molar-refractivity contribution in [2.45, 2.75) is 30.6 Å². The molecule has 4 N–H and O–H groups in total. The molecule has 1 aromatic heterocycles. The Morgan fingerprint density at radius 2 is 2.05 bits per heavy atom. The molecule has 1 saturated heterocycles. The largest absolute Gasteiger partial charge is 0.394 e. The van der Waals surface area contributed by atoms with Crippen molar-refractivity contribution in [2.24, 2.45) is 0 Å². The van der Waals surface area contributed by atoms with E-state index in [0.29, 0.717) is 0 Å². The molecule has 0 bridgehead atoms. The van der Waals surface area contributed by atoms with Crippen molar-refractivity contribution in [1.29, 1.82) is 0 Å². The molecule has 1 aliphatic rings. The van der Waals surface area contributed by atoms with Gasteiger partial charge in [-0.3, -0.25) is 0 Å². The number of aliphatic hydroxyl groups excluding tert-OH is 4. The standard InChI is InChI=1S/C9H13N3O7/c13-3-4-6(14)7(15)8(16)9(19-4)11-2-1-5(10-11)12(17)18/h1-2,4,6-9,13-16H,3H2/t4-,6-,7+,8-,9-/m1/s1. The van der Waals surface area contributed by atoms with Gasteiger partial charge in [0.2, 0.25) is 0 Å². The van der Waals surface area contributed by atoms with Gasteiger partial charge in [-0.1, -0.05) is 0 Å². The van der Waals surface area contributed by atoms with Crippen LogP contribution in [0.15, 0.2) is 12.3 Å². The van der Waals surface area contributed by atoms with E-state index in [0.717, 1.165) is 10.7 Å². The third-order valence-corrected chi connectivity index (χ3v) is 2.91. The van der Waals surface area contributed by atoms with E-state index >= 15 is 0 Å². The van der Waals surface area contributed by atoms with Crippen LogP contribution in [0, 0.1) is 10.1 Å². The van der Waals surface area contributed by atoms with Crippen molar-refractivity contribution in [3.63, 3.8) is 0 Å². The van der Waals surface area contributed by atoms with Crippen molar-refractivity contribution in [3.8, 4) is 0 Å². The maximum absolute atomic E-state index is 10.5. The van der Waals surface area contributed by atoms with Crippen LogP contribution in [0.3, 0.4) is 0 Å². The molecule has 0 unspecified atom stereocenters. The van der Waals surface area contributed by atoms with Gasteiger partial charge >= 0.3 is 5.82 Å². The fourth-order valence-electron chi connectivity index (χ4n) is 1.87. The first-order valence-corrected chi connectivity index (χ1v) is 5.45. The second-order valence-electron chi connectivity index (χ2n) is 4.13. The molecule has 1 fully saturated rings. The van der Waals surface area contributed by atoms with E-state index in [1.54, 1.807) is 0 Å². The zero-order chi connectivity index (χ0) is 14.2. The molecule has 10 nitrogen and oxygen atoms in total. The van der Waals surface area contributed by atoms with Gasteiger partial charge in [-0.15, -0.1) is 4.68 Å². The van der Waals surface area contributed by atoms with Gasteiger partial charge in [-0.2, -0.15) is 0 Å². The SMILES string of the molecule is O=[N+]([O-])c1ccn([C@@H]2O[C@H](CO)[C@@H](O)[C@H](O)[C@H]2O)n1. The third kappa shape index (κ3) is 2.43. The zero-order valence-corrected chi connectivity index (χ0v) is 9.60. The number of aromatic nitrogens is 2. The zero-order valence-electron chi connectivity index (χ0n) is 9.60.